The molecule has 3 rings (SSSR count). The molecule has 1 aliphatic rings. The van der Waals surface area contributed by atoms with E-state index >= 15 is 0 Å². The second kappa shape index (κ2) is 4.56. The fourth-order valence-electron chi connectivity index (χ4n) is 2.04. The molecule has 4 heteroatoms. The number of benzene rings is 1. The van der Waals surface area contributed by atoms with Crippen molar-refractivity contribution in [2.75, 3.05) is 20.2 Å². The molecule has 92 valence electrons. The van der Waals surface area contributed by atoms with Gasteiger partial charge in [-0.3, -0.25) is 4.99 Å². The number of aliphatic imine (C=N–C) groups is 1. The Morgan fingerprint density at radius 2 is 1.94 bits per heavy atom. The highest BCUT2D eigenvalue weighted by molar-refractivity contribution is 6.00. The molecule has 0 spiro atoms. The highest BCUT2D eigenvalue weighted by atomic mass is 16.5. The Kier molecular flexibility index (Phi) is 2.76. The second-order valence-corrected chi connectivity index (χ2v) is 4.05. The summed E-state index contributed by atoms with van der Waals surface area (Å²) in [6.45, 7) is 1.77. The molecule has 1 N–H and O–H groups in total. The Balaban J connectivity index is 1.91. The lowest BCUT2D eigenvalue weighted by molar-refractivity contribution is 0.410. The largest absolute Gasteiger partial charge is 0.493 e. The molecule has 1 aromatic carbocycles. The number of nitrogens with one attached hydrogen (secondary N) is 1. The molecule has 2 heterocycles. The van der Waals surface area contributed by atoms with Crippen LogP contribution in [-0.2, 0) is 0 Å². The van der Waals surface area contributed by atoms with E-state index in [-0.39, 0.29) is 0 Å². The van der Waals surface area contributed by atoms with Crippen molar-refractivity contribution in [3.05, 3.63) is 42.2 Å². The molecule has 1 aliphatic heterocycles. The molecule has 0 aliphatic carbocycles. The van der Waals surface area contributed by atoms with Crippen LogP contribution < -0.4 is 10.1 Å². The molecule has 0 saturated heterocycles. The van der Waals surface area contributed by atoms with Crippen LogP contribution in [0.25, 0.3) is 11.3 Å². The van der Waals surface area contributed by atoms with Crippen LogP contribution in [0.1, 0.15) is 5.56 Å². The van der Waals surface area contributed by atoms with Crippen LogP contribution in [0.3, 0.4) is 0 Å². The number of methoxy groups -OCH3 is 1. The van der Waals surface area contributed by atoms with Crippen molar-refractivity contribution in [3.63, 3.8) is 0 Å². The summed E-state index contributed by atoms with van der Waals surface area (Å²) in [5.74, 6) is 2.47. The van der Waals surface area contributed by atoms with Crippen molar-refractivity contribution < 1.29 is 9.15 Å². The van der Waals surface area contributed by atoms with Crippen molar-refractivity contribution in [2.24, 2.45) is 4.99 Å². The van der Waals surface area contributed by atoms with Crippen LogP contribution in [-0.4, -0.2) is 26.0 Å². The molecule has 0 fully saturated rings. The minimum Gasteiger partial charge on any atom is -0.493 e. The summed E-state index contributed by atoms with van der Waals surface area (Å²) in [6, 6.07) is 9.91. The van der Waals surface area contributed by atoms with Gasteiger partial charge in [-0.05, 0) is 0 Å². The molecule has 2 aromatic rings. The van der Waals surface area contributed by atoms with Crippen molar-refractivity contribution in [1.82, 2.24) is 5.32 Å². The number of amidine groups is 1. The lowest BCUT2D eigenvalue weighted by atomic mass is 10.1. The normalized spacial score (nSPS) is 14.2. The Morgan fingerprint density at radius 1 is 1.17 bits per heavy atom. The number of hydrogen-bond acceptors (Lipinski definition) is 4. The maximum absolute atomic E-state index is 5.44. The standard InChI is InChI=1S/C14H14N2O2/c1-17-12-6-9-18-13(12)10-2-4-11(5-3-10)14-15-7-8-16-14/h2-6,9H,7-8H2,1H3,(H,15,16). The van der Waals surface area contributed by atoms with E-state index in [1.165, 1.54) is 0 Å². The Labute approximate surface area is 105 Å². The Morgan fingerprint density at radius 3 is 2.61 bits per heavy atom. The summed E-state index contributed by atoms with van der Waals surface area (Å²) < 4.78 is 10.7. The van der Waals surface area contributed by atoms with Gasteiger partial charge in [0.1, 0.15) is 5.84 Å². The molecule has 18 heavy (non-hydrogen) atoms. The Hall–Kier alpha value is -2.23. The minimum atomic E-state index is 0.749. The first-order valence-electron chi connectivity index (χ1n) is 5.89. The van der Waals surface area contributed by atoms with Crippen LogP contribution in [0.4, 0.5) is 0 Å². The van der Waals surface area contributed by atoms with Crippen molar-refractivity contribution in [2.45, 2.75) is 0 Å². The summed E-state index contributed by atoms with van der Waals surface area (Å²) in [6.07, 6.45) is 1.63. The van der Waals surface area contributed by atoms with Crippen LogP contribution in [0.2, 0.25) is 0 Å². The highest BCUT2D eigenvalue weighted by Crippen LogP contribution is 2.30. The van der Waals surface area contributed by atoms with Crippen LogP contribution in [0, 0.1) is 0 Å². The zero-order valence-electron chi connectivity index (χ0n) is 10.1. The second-order valence-electron chi connectivity index (χ2n) is 4.05. The first-order chi connectivity index (χ1) is 8.88. The number of ether oxygens (including phenoxy) is 1. The number of nitrogens with zero attached hydrogens (tertiary/aromatic N) is 1. The van der Waals surface area contributed by atoms with Gasteiger partial charge in [-0.15, -0.1) is 0 Å². The fourth-order valence-corrected chi connectivity index (χ4v) is 2.04. The van der Waals surface area contributed by atoms with Gasteiger partial charge < -0.3 is 14.5 Å². The van der Waals surface area contributed by atoms with E-state index in [2.05, 4.69) is 10.3 Å². The number of furan rings is 1. The maximum atomic E-state index is 5.44. The van der Waals surface area contributed by atoms with Crippen LogP contribution in [0.15, 0.2) is 46.0 Å². The average molecular weight is 242 g/mol. The van der Waals surface area contributed by atoms with E-state index in [1.807, 2.05) is 30.3 Å². The van der Waals surface area contributed by atoms with Crippen molar-refractivity contribution in [1.29, 1.82) is 0 Å². The van der Waals surface area contributed by atoms with Gasteiger partial charge in [0, 0.05) is 23.7 Å². The SMILES string of the molecule is COc1ccoc1-c1ccc(C2=NCCN2)cc1. The monoisotopic (exact) mass is 242 g/mol. The lowest BCUT2D eigenvalue weighted by Gasteiger charge is -2.04. The number of hydrogen-bond donors (Lipinski definition) is 1. The van der Waals surface area contributed by atoms with Gasteiger partial charge in [0.2, 0.25) is 0 Å². The summed E-state index contributed by atoms with van der Waals surface area (Å²) in [7, 11) is 1.64. The zero-order chi connectivity index (χ0) is 12.4. The van der Waals surface area contributed by atoms with E-state index < -0.39 is 0 Å². The predicted octanol–water partition coefficient (Wildman–Crippen LogP) is 2.30. The van der Waals surface area contributed by atoms with E-state index in [9.17, 15) is 0 Å². The molecule has 4 nitrogen and oxygen atoms in total. The predicted molar refractivity (Wildman–Crippen MR) is 70.1 cm³/mol. The van der Waals surface area contributed by atoms with E-state index in [0.29, 0.717) is 0 Å². The third kappa shape index (κ3) is 1.86. The third-order valence-electron chi connectivity index (χ3n) is 2.94. The summed E-state index contributed by atoms with van der Waals surface area (Å²) >= 11 is 0. The fraction of sp³-hybridized carbons (Fsp3) is 0.214. The van der Waals surface area contributed by atoms with E-state index in [4.69, 9.17) is 9.15 Å². The van der Waals surface area contributed by atoms with Crippen LogP contribution in [0.5, 0.6) is 5.75 Å². The van der Waals surface area contributed by atoms with E-state index in [1.54, 1.807) is 13.4 Å². The summed E-state index contributed by atoms with van der Waals surface area (Å²) in [5.41, 5.74) is 2.10. The molecule has 0 saturated carbocycles. The van der Waals surface area contributed by atoms with Gasteiger partial charge in [0.15, 0.2) is 11.5 Å². The molecule has 0 radical (unpaired) electrons. The zero-order valence-corrected chi connectivity index (χ0v) is 10.1. The van der Waals surface area contributed by atoms with Crippen molar-refractivity contribution in [3.8, 4) is 17.1 Å². The average Bonchev–Trinajstić information content (AvgIpc) is 3.10. The van der Waals surface area contributed by atoms with Gasteiger partial charge in [-0.1, -0.05) is 24.3 Å². The van der Waals surface area contributed by atoms with Gasteiger partial charge in [-0.25, -0.2) is 0 Å². The molecule has 1 aromatic heterocycles. The van der Waals surface area contributed by atoms with Crippen molar-refractivity contribution >= 4 is 5.84 Å². The summed E-state index contributed by atoms with van der Waals surface area (Å²) in [4.78, 5) is 4.39. The van der Waals surface area contributed by atoms with E-state index in [0.717, 1.165) is 41.6 Å². The molecular formula is C14H14N2O2. The molecule has 0 amide bonds. The first kappa shape index (κ1) is 10.9. The first-order valence-corrected chi connectivity index (χ1v) is 5.89. The summed E-state index contributed by atoms with van der Waals surface area (Å²) in [5, 5.41) is 3.25. The third-order valence-corrected chi connectivity index (χ3v) is 2.94. The molecule has 0 unspecified atom stereocenters. The van der Waals surface area contributed by atoms with Gasteiger partial charge in [0.05, 0.1) is 19.9 Å². The quantitative estimate of drug-likeness (QED) is 0.898. The maximum Gasteiger partial charge on any atom is 0.175 e. The van der Waals surface area contributed by atoms with Crippen LogP contribution >= 0.6 is 0 Å². The molecule has 0 atom stereocenters. The lowest BCUT2D eigenvalue weighted by Crippen LogP contribution is -2.19. The van der Waals surface area contributed by atoms with Gasteiger partial charge in [-0.2, -0.15) is 0 Å². The Bertz CT molecular complexity index is 570. The molecule has 0 bridgehead atoms. The highest BCUT2D eigenvalue weighted by Gasteiger charge is 2.11. The van der Waals surface area contributed by atoms with Gasteiger partial charge >= 0.3 is 0 Å². The van der Waals surface area contributed by atoms with Gasteiger partial charge in [0.25, 0.3) is 0 Å². The number of rotatable bonds is 3. The topological polar surface area (TPSA) is 46.8 Å². The smallest absolute Gasteiger partial charge is 0.175 e. The minimum absolute atomic E-state index is 0.749. The molecular weight excluding hydrogens is 228 g/mol.